The van der Waals surface area contributed by atoms with Crippen molar-refractivity contribution in [3.8, 4) is 5.75 Å². The van der Waals surface area contributed by atoms with E-state index in [0.717, 1.165) is 0 Å². The largest absolute Gasteiger partial charge is 0.505 e. The molecule has 0 amide bonds. The molecule has 0 aromatic carbocycles. The van der Waals surface area contributed by atoms with E-state index in [4.69, 9.17) is 4.74 Å². The van der Waals surface area contributed by atoms with Gasteiger partial charge in [-0.05, 0) is 19.1 Å². The number of rotatable bonds is 2. The Balaban J connectivity index is 2.30. The molecule has 90 valence electrons. The maximum absolute atomic E-state index is 11.4. The van der Waals surface area contributed by atoms with Gasteiger partial charge in [0.15, 0.2) is 11.7 Å². The SMILES string of the molecule is COC(=O)[C@H]1N=C(c2ncccc2O)O[C@@H]1C. The maximum Gasteiger partial charge on any atom is 0.334 e. The molecule has 1 aliphatic heterocycles. The number of aliphatic imine (C=N–C) groups is 1. The average molecular weight is 236 g/mol. The van der Waals surface area contributed by atoms with Crippen molar-refractivity contribution in [1.29, 1.82) is 0 Å². The number of aromatic hydroxyl groups is 1. The zero-order chi connectivity index (χ0) is 12.4. The van der Waals surface area contributed by atoms with Gasteiger partial charge in [0.05, 0.1) is 7.11 Å². The van der Waals surface area contributed by atoms with Crippen LogP contribution in [0.15, 0.2) is 23.3 Å². The van der Waals surface area contributed by atoms with Gasteiger partial charge >= 0.3 is 5.97 Å². The first-order chi connectivity index (χ1) is 8.13. The summed E-state index contributed by atoms with van der Waals surface area (Å²) in [7, 11) is 1.29. The van der Waals surface area contributed by atoms with Crippen molar-refractivity contribution in [2.75, 3.05) is 7.11 Å². The van der Waals surface area contributed by atoms with Gasteiger partial charge in [0, 0.05) is 6.20 Å². The highest BCUT2D eigenvalue weighted by atomic mass is 16.5. The van der Waals surface area contributed by atoms with Gasteiger partial charge in [0.2, 0.25) is 5.90 Å². The number of hydrogen-bond donors (Lipinski definition) is 1. The fourth-order valence-corrected chi connectivity index (χ4v) is 1.55. The van der Waals surface area contributed by atoms with Crippen LogP contribution in [0.5, 0.6) is 5.75 Å². The highest BCUT2D eigenvalue weighted by Crippen LogP contribution is 2.22. The fraction of sp³-hybridized carbons (Fsp3) is 0.364. The van der Waals surface area contributed by atoms with E-state index in [2.05, 4.69) is 14.7 Å². The molecular formula is C11H12N2O4. The van der Waals surface area contributed by atoms with Crippen LogP contribution in [0.25, 0.3) is 0 Å². The molecule has 1 aliphatic rings. The summed E-state index contributed by atoms with van der Waals surface area (Å²) in [6.45, 7) is 1.71. The standard InChI is InChI=1S/C11H12N2O4/c1-6-8(11(15)16-2)13-10(17-6)9-7(14)4-3-5-12-9/h3-6,8,14H,1-2H3/t6-,8+/m1/s1. The Bertz CT molecular complexity index is 472. The number of hydrogen-bond acceptors (Lipinski definition) is 6. The zero-order valence-corrected chi connectivity index (χ0v) is 9.45. The molecule has 0 saturated heterocycles. The second-order valence-electron chi connectivity index (χ2n) is 3.60. The first kappa shape index (κ1) is 11.4. The lowest BCUT2D eigenvalue weighted by Gasteiger charge is -2.09. The van der Waals surface area contributed by atoms with E-state index in [1.165, 1.54) is 19.4 Å². The van der Waals surface area contributed by atoms with Crippen molar-refractivity contribution < 1.29 is 19.4 Å². The Morgan fingerprint density at radius 1 is 1.59 bits per heavy atom. The van der Waals surface area contributed by atoms with Gasteiger partial charge in [-0.1, -0.05) is 0 Å². The van der Waals surface area contributed by atoms with Crippen LogP contribution in [-0.4, -0.2) is 41.2 Å². The van der Waals surface area contributed by atoms with Gasteiger partial charge in [-0.15, -0.1) is 0 Å². The van der Waals surface area contributed by atoms with Crippen LogP contribution >= 0.6 is 0 Å². The number of carbonyl (C=O) groups excluding carboxylic acids is 1. The predicted molar refractivity (Wildman–Crippen MR) is 58.8 cm³/mol. The Morgan fingerprint density at radius 3 is 3.00 bits per heavy atom. The lowest BCUT2D eigenvalue weighted by molar-refractivity contribution is -0.143. The molecule has 2 heterocycles. The summed E-state index contributed by atoms with van der Waals surface area (Å²) in [4.78, 5) is 19.4. The van der Waals surface area contributed by atoms with Gasteiger partial charge in [-0.2, -0.15) is 0 Å². The second-order valence-corrected chi connectivity index (χ2v) is 3.60. The molecule has 0 saturated carbocycles. The summed E-state index contributed by atoms with van der Waals surface area (Å²) in [6, 6.07) is 2.36. The predicted octanol–water partition coefficient (Wildman–Crippen LogP) is 0.494. The van der Waals surface area contributed by atoms with E-state index < -0.39 is 18.1 Å². The molecule has 0 bridgehead atoms. The van der Waals surface area contributed by atoms with Gasteiger partial charge in [-0.3, -0.25) is 0 Å². The number of pyridine rings is 1. The van der Waals surface area contributed by atoms with E-state index in [1.54, 1.807) is 13.0 Å². The topological polar surface area (TPSA) is 81.0 Å². The molecule has 0 unspecified atom stereocenters. The third kappa shape index (κ3) is 2.06. The molecule has 0 aliphatic carbocycles. The van der Waals surface area contributed by atoms with E-state index in [9.17, 15) is 9.90 Å². The summed E-state index contributed by atoms with van der Waals surface area (Å²) in [5.74, 6) is -0.349. The van der Waals surface area contributed by atoms with Crippen LogP contribution in [0.1, 0.15) is 12.6 Å². The molecule has 0 fully saturated rings. The first-order valence-electron chi connectivity index (χ1n) is 5.10. The number of esters is 1. The average Bonchev–Trinajstić information content (AvgIpc) is 2.71. The van der Waals surface area contributed by atoms with Crippen LogP contribution in [0.4, 0.5) is 0 Å². The molecule has 1 aromatic heterocycles. The van der Waals surface area contributed by atoms with Gasteiger partial charge in [-0.25, -0.2) is 14.8 Å². The Labute approximate surface area is 97.9 Å². The quantitative estimate of drug-likeness (QED) is 0.756. The van der Waals surface area contributed by atoms with E-state index in [0.29, 0.717) is 0 Å². The molecule has 1 N–H and O–H groups in total. The van der Waals surface area contributed by atoms with Gasteiger partial charge in [0.1, 0.15) is 11.9 Å². The van der Waals surface area contributed by atoms with Crippen LogP contribution in [0.2, 0.25) is 0 Å². The normalized spacial score (nSPS) is 22.8. The molecule has 2 atom stereocenters. The molecule has 6 nitrogen and oxygen atoms in total. The third-order valence-corrected chi connectivity index (χ3v) is 2.43. The molecule has 1 aromatic rings. The van der Waals surface area contributed by atoms with E-state index in [-0.39, 0.29) is 17.3 Å². The Morgan fingerprint density at radius 2 is 2.35 bits per heavy atom. The number of methoxy groups -OCH3 is 1. The van der Waals surface area contributed by atoms with Crippen molar-refractivity contribution in [2.24, 2.45) is 4.99 Å². The lowest BCUT2D eigenvalue weighted by atomic mass is 10.2. The lowest BCUT2D eigenvalue weighted by Crippen LogP contribution is -2.28. The molecule has 0 radical (unpaired) electrons. The van der Waals surface area contributed by atoms with Crippen LogP contribution in [-0.2, 0) is 14.3 Å². The van der Waals surface area contributed by atoms with Crippen molar-refractivity contribution >= 4 is 11.9 Å². The first-order valence-corrected chi connectivity index (χ1v) is 5.10. The van der Waals surface area contributed by atoms with E-state index >= 15 is 0 Å². The van der Waals surface area contributed by atoms with Crippen LogP contribution in [0.3, 0.4) is 0 Å². The van der Waals surface area contributed by atoms with Crippen molar-refractivity contribution in [3.63, 3.8) is 0 Å². The fourth-order valence-electron chi connectivity index (χ4n) is 1.55. The molecule has 0 spiro atoms. The molecular weight excluding hydrogens is 224 g/mol. The smallest absolute Gasteiger partial charge is 0.334 e. The highest BCUT2D eigenvalue weighted by molar-refractivity contribution is 5.98. The second kappa shape index (κ2) is 4.40. The molecule has 2 rings (SSSR count). The van der Waals surface area contributed by atoms with Crippen LogP contribution < -0.4 is 0 Å². The van der Waals surface area contributed by atoms with E-state index in [1.807, 2.05) is 0 Å². The number of ether oxygens (including phenoxy) is 2. The number of carbonyl (C=O) groups is 1. The summed E-state index contributed by atoms with van der Waals surface area (Å²) >= 11 is 0. The van der Waals surface area contributed by atoms with Crippen molar-refractivity contribution in [2.45, 2.75) is 19.1 Å². The zero-order valence-electron chi connectivity index (χ0n) is 9.45. The van der Waals surface area contributed by atoms with Gasteiger partial charge in [0.25, 0.3) is 0 Å². The van der Waals surface area contributed by atoms with Crippen molar-refractivity contribution in [1.82, 2.24) is 4.98 Å². The number of aromatic nitrogens is 1. The minimum Gasteiger partial charge on any atom is -0.505 e. The van der Waals surface area contributed by atoms with Crippen molar-refractivity contribution in [3.05, 3.63) is 24.0 Å². The minimum atomic E-state index is -0.712. The summed E-state index contributed by atoms with van der Waals surface area (Å²) in [6.07, 6.45) is 1.08. The molecule has 6 heteroatoms. The summed E-state index contributed by atoms with van der Waals surface area (Å²) in [5.41, 5.74) is 0.228. The van der Waals surface area contributed by atoms with Crippen LogP contribution in [0, 0.1) is 0 Å². The minimum absolute atomic E-state index is 0.0380. The summed E-state index contributed by atoms with van der Waals surface area (Å²) in [5, 5.41) is 9.60. The Kier molecular flexibility index (Phi) is 2.95. The Hall–Kier alpha value is -2.11. The maximum atomic E-state index is 11.4. The summed E-state index contributed by atoms with van der Waals surface area (Å²) < 4.78 is 10.0. The highest BCUT2D eigenvalue weighted by Gasteiger charge is 2.35. The molecule has 17 heavy (non-hydrogen) atoms. The van der Waals surface area contributed by atoms with Gasteiger partial charge < -0.3 is 14.6 Å². The monoisotopic (exact) mass is 236 g/mol. The number of nitrogens with zero attached hydrogens (tertiary/aromatic N) is 2. The third-order valence-electron chi connectivity index (χ3n) is 2.43.